The van der Waals surface area contributed by atoms with E-state index in [2.05, 4.69) is 0 Å². The first-order chi connectivity index (χ1) is 9.63. The quantitative estimate of drug-likeness (QED) is 0.912. The molecule has 2 aromatic carbocycles. The van der Waals surface area contributed by atoms with Gasteiger partial charge >= 0.3 is 0 Å². The minimum atomic E-state index is -0.523. The second-order valence-corrected chi connectivity index (χ2v) is 5.01. The number of hydrogen-bond acceptors (Lipinski definition) is 2. The number of methoxy groups -OCH3 is 1. The predicted octanol–water partition coefficient (Wildman–Crippen LogP) is 3.72. The molecular weight excluding hydrogens is 277 g/mol. The van der Waals surface area contributed by atoms with Crippen LogP contribution in [0.1, 0.15) is 22.7 Å². The lowest BCUT2D eigenvalue weighted by Gasteiger charge is -2.14. The third-order valence-electron chi connectivity index (χ3n) is 3.25. The van der Waals surface area contributed by atoms with E-state index in [0.717, 1.165) is 17.5 Å². The van der Waals surface area contributed by atoms with E-state index in [4.69, 9.17) is 22.1 Å². The lowest BCUT2D eigenvalue weighted by Crippen LogP contribution is -2.13. The molecule has 0 radical (unpaired) electrons. The van der Waals surface area contributed by atoms with E-state index in [1.54, 1.807) is 19.2 Å². The summed E-state index contributed by atoms with van der Waals surface area (Å²) in [5.41, 5.74) is 8.53. The molecule has 0 aliphatic carbocycles. The van der Waals surface area contributed by atoms with Crippen LogP contribution >= 0.6 is 11.6 Å². The van der Waals surface area contributed by atoms with Gasteiger partial charge in [0.1, 0.15) is 5.82 Å². The Hall–Kier alpha value is -1.42. The molecule has 0 spiro atoms. The van der Waals surface area contributed by atoms with Gasteiger partial charge in [-0.2, -0.15) is 0 Å². The van der Waals surface area contributed by atoms with Crippen LogP contribution in [-0.2, 0) is 11.2 Å². The van der Waals surface area contributed by atoms with E-state index >= 15 is 0 Å². The van der Waals surface area contributed by atoms with Crippen LogP contribution in [0.25, 0.3) is 0 Å². The topological polar surface area (TPSA) is 35.2 Å². The smallest absolute Gasteiger partial charge is 0.146 e. The second-order valence-electron chi connectivity index (χ2n) is 4.61. The fraction of sp³-hybridized carbons (Fsp3) is 0.250. The summed E-state index contributed by atoms with van der Waals surface area (Å²) in [4.78, 5) is 0. The Morgan fingerprint density at radius 2 is 1.90 bits per heavy atom. The Labute approximate surface area is 123 Å². The maximum absolute atomic E-state index is 14.0. The molecule has 4 heteroatoms. The average Bonchev–Trinajstić information content (AvgIpc) is 2.48. The first-order valence-corrected chi connectivity index (χ1v) is 6.78. The Kier molecular flexibility index (Phi) is 5.12. The minimum absolute atomic E-state index is 0.0923. The third-order valence-corrected chi connectivity index (χ3v) is 3.54. The van der Waals surface area contributed by atoms with Crippen molar-refractivity contribution in [2.45, 2.75) is 12.5 Å². The summed E-state index contributed by atoms with van der Waals surface area (Å²) in [6.45, 7) is 0.675. The monoisotopic (exact) mass is 293 g/mol. The zero-order chi connectivity index (χ0) is 14.5. The van der Waals surface area contributed by atoms with Gasteiger partial charge in [0.05, 0.1) is 17.7 Å². The number of ether oxygens (including phenoxy) is 1. The van der Waals surface area contributed by atoms with Gasteiger partial charge in [-0.25, -0.2) is 4.39 Å². The normalized spacial score (nSPS) is 12.4. The zero-order valence-corrected chi connectivity index (χ0v) is 12.0. The molecule has 2 N–H and O–H groups in total. The van der Waals surface area contributed by atoms with Crippen molar-refractivity contribution < 1.29 is 9.13 Å². The summed E-state index contributed by atoms with van der Waals surface area (Å²) < 4.78 is 19.0. The van der Waals surface area contributed by atoms with Gasteiger partial charge in [0.25, 0.3) is 0 Å². The van der Waals surface area contributed by atoms with Crippen molar-refractivity contribution in [3.05, 3.63) is 70.0 Å². The highest BCUT2D eigenvalue weighted by molar-refractivity contribution is 6.30. The van der Waals surface area contributed by atoms with Crippen LogP contribution in [0.2, 0.25) is 5.02 Å². The van der Waals surface area contributed by atoms with E-state index in [0.29, 0.717) is 12.2 Å². The van der Waals surface area contributed by atoms with E-state index in [1.165, 1.54) is 6.07 Å². The molecule has 1 unspecified atom stereocenters. The highest BCUT2D eigenvalue weighted by Gasteiger charge is 2.15. The molecule has 0 aromatic heterocycles. The number of halogens is 2. The van der Waals surface area contributed by atoms with Crippen LogP contribution in [0.4, 0.5) is 4.39 Å². The average molecular weight is 294 g/mol. The molecule has 0 aliphatic rings. The number of hydrogen-bond donors (Lipinski definition) is 1. The molecular formula is C16H17ClFNO. The molecule has 0 saturated heterocycles. The molecule has 20 heavy (non-hydrogen) atoms. The molecule has 2 aromatic rings. The van der Waals surface area contributed by atoms with Gasteiger partial charge in [0, 0.05) is 12.7 Å². The maximum Gasteiger partial charge on any atom is 0.146 e. The first kappa shape index (κ1) is 15.0. The van der Waals surface area contributed by atoms with Crippen LogP contribution in [-0.4, -0.2) is 13.7 Å². The minimum Gasteiger partial charge on any atom is -0.384 e. The Morgan fingerprint density at radius 1 is 1.20 bits per heavy atom. The Balaban J connectivity index is 2.20. The molecule has 1 atom stereocenters. The highest BCUT2D eigenvalue weighted by atomic mass is 35.5. The van der Waals surface area contributed by atoms with Crippen LogP contribution < -0.4 is 5.73 Å². The van der Waals surface area contributed by atoms with Crippen molar-refractivity contribution in [2.24, 2.45) is 5.73 Å². The van der Waals surface area contributed by atoms with Crippen molar-refractivity contribution >= 4 is 11.6 Å². The molecule has 0 heterocycles. The SMILES string of the molecule is COCCc1ccc(C(N)c2cccc(Cl)c2F)cc1. The van der Waals surface area contributed by atoms with Gasteiger partial charge in [0.2, 0.25) is 0 Å². The van der Waals surface area contributed by atoms with Crippen LogP contribution in [0.3, 0.4) is 0 Å². The molecule has 0 aliphatic heterocycles. The van der Waals surface area contributed by atoms with Gasteiger partial charge in [-0.05, 0) is 23.6 Å². The molecule has 2 nitrogen and oxygen atoms in total. The van der Waals surface area contributed by atoms with Crippen LogP contribution in [0.15, 0.2) is 42.5 Å². The standard InChI is InChI=1S/C16H17ClFNO/c1-20-10-9-11-5-7-12(8-6-11)16(19)13-3-2-4-14(17)15(13)18/h2-8,16H,9-10,19H2,1H3. The van der Waals surface area contributed by atoms with Crippen molar-refractivity contribution in [2.75, 3.05) is 13.7 Å². The summed E-state index contributed by atoms with van der Waals surface area (Å²) in [6.07, 6.45) is 0.845. The number of benzene rings is 2. The van der Waals surface area contributed by atoms with Gasteiger partial charge in [-0.15, -0.1) is 0 Å². The lowest BCUT2D eigenvalue weighted by molar-refractivity contribution is 0.202. The largest absolute Gasteiger partial charge is 0.384 e. The van der Waals surface area contributed by atoms with Gasteiger partial charge in [-0.3, -0.25) is 0 Å². The van der Waals surface area contributed by atoms with Gasteiger partial charge in [-0.1, -0.05) is 48.0 Å². The Morgan fingerprint density at radius 3 is 2.55 bits per heavy atom. The van der Waals surface area contributed by atoms with E-state index in [9.17, 15) is 4.39 Å². The van der Waals surface area contributed by atoms with Crippen LogP contribution in [0, 0.1) is 5.82 Å². The Bertz CT molecular complexity index is 571. The summed E-state index contributed by atoms with van der Waals surface area (Å²) in [5, 5.41) is 0.0923. The zero-order valence-electron chi connectivity index (χ0n) is 11.3. The van der Waals surface area contributed by atoms with Crippen molar-refractivity contribution in [1.82, 2.24) is 0 Å². The third kappa shape index (κ3) is 3.37. The van der Waals surface area contributed by atoms with E-state index in [-0.39, 0.29) is 5.02 Å². The first-order valence-electron chi connectivity index (χ1n) is 6.40. The lowest BCUT2D eigenvalue weighted by atomic mass is 9.97. The molecule has 0 amide bonds. The maximum atomic E-state index is 14.0. The number of nitrogens with two attached hydrogens (primary N) is 1. The summed E-state index contributed by atoms with van der Waals surface area (Å²) in [7, 11) is 1.67. The molecule has 106 valence electrons. The molecule has 2 rings (SSSR count). The number of rotatable bonds is 5. The molecule has 0 fully saturated rings. The van der Waals surface area contributed by atoms with Gasteiger partial charge in [0.15, 0.2) is 0 Å². The molecule has 0 saturated carbocycles. The molecule has 0 bridgehead atoms. The van der Waals surface area contributed by atoms with E-state index < -0.39 is 11.9 Å². The fourth-order valence-corrected chi connectivity index (χ4v) is 2.23. The van der Waals surface area contributed by atoms with E-state index in [1.807, 2.05) is 24.3 Å². The van der Waals surface area contributed by atoms with Crippen LogP contribution in [0.5, 0.6) is 0 Å². The van der Waals surface area contributed by atoms with Crippen molar-refractivity contribution in [1.29, 1.82) is 0 Å². The van der Waals surface area contributed by atoms with Crippen molar-refractivity contribution in [3.63, 3.8) is 0 Å². The fourth-order valence-electron chi connectivity index (χ4n) is 2.05. The summed E-state index contributed by atoms with van der Waals surface area (Å²) >= 11 is 5.78. The highest BCUT2D eigenvalue weighted by Crippen LogP contribution is 2.26. The van der Waals surface area contributed by atoms with Crippen molar-refractivity contribution in [3.8, 4) is 0 Å². The summed E-state index contributed by atoms with van der Waals surface area (Å²) in [5.74, 6) is -0.454. The second kappa shape index (κ2) is 6.84. The summed E-state index contributed by atoms with van der Waals surface area (Å²) in [6, 6.07) is 12.1. The predicted molar refractivity (Wildman–Crippen MR) is 79.5 cm³/mol. The van der Waals surface area contributed by atoms with Gasteiger partial charge < -0.3 is 10.5 Å².